The number of hydrogen-bond donors (Lipinski definition) is 1. The molecule has 40 heavy (non-hydrogen) atoms. The molecule has 2 fully saturated rings. The van der Waals surface area contributed by atoms with Crippen molar-refractivity contribution in [1.82, 2.24) is 9.80 Å². The van der Waals surface area contributed by atoms with E-state index in [0.717, 1.165) is 81.9 Å². The third-order valence-corrected chi connectivity index (χ3v) is 8.06. The number of amides is 1. The van der Waals surface area contributed by atoms with Crippen LogP contribution in [0.2, 0.25) is 0 Å². The third kappa shape index (κ3) is 9.22. The molecule has 5 nitrogen and oxygen atoms in total. The summed E-state index contributed by atoms with van der Waals surface area (Å²) in [5.41, 5.74) is -3.39. The van der Waals surface area contributed by atoms with Crippen LogP contribution in [-0.4, -0.2) is 73.1 Å². The molecule has 2 saturated heterocycles. The lowest BCUT2D eigenvalue weighted by Gasteiger charge is -2.33. The fourth-order valence-electron chi connectivity index (χ4n) is 5.19. The molecule has 0 radical (unpaired) electrons. The van der Waals surface area contributed by atoms with Gasteiger partial charge in [0.25, 0.3) is 0 Å². The number of nitrogens with zero attached hydrogens (tertiary/aromatic N) is 3. The Bertz CT molecular complexity index is 1090. The molecule has 0 aliphatic carbocycles. The van der Waals surface area contributed by atoms with E-state index in [4.69, 9.17) is 0 Å². The van der Waals surface area contributed by atoms with Crippen molar-refractivity contribution in [1.29, 1.82) is 0 Å². The molecule has 2 aliphatic heterocycles. The van der Waals surface area contributed by atoms with Gasteiger partial charge in [-0.05, 0) is 99.1 Å². The van der Waals surface area contributed by atoms with E-state index >= 15 is 0 Å². The maximum absolute atomic E-state index is 12.8. The first-order chi connectivity index (χ1) is 19.0. The van der Waals surface area contributed by atoms with E-state index in [9.17, 15) is 31.1 Å². The second-order valence-corrected chi connectivity index (χ2v) is 11.3. The fourth-order valence-corrected chi connectivity index (χ4v) is 5.73. The predicted octanol–water partition coefficient (Wildman–Crippen LogP) is 6.71. The molecule has 1 amide bonds. The highest BCUT2D eigenvalue weighted by molar-refractivity contribution is 8.00. The summed E-state index contributed by atoms with van der Waals surface area (Å²) >= 11 is -0.133. The summed E-state index contributed by atoms with van der Waals surface area (Å²) in [6.07, 6.45) is -0.669. The molecule has 2 heterocycles. The zero-order valence-electron chi connectivity index (χ0n) is 22.1. The van der Waals surface area contributed by atoms with E-state index in [-0.39, 0.29) is 28.6 Å². The Labute approximate surface area is 234 Å². The zero-order valence-corrected chi connectivity index (χ0v) is 22.9. The van der Waals surface area contributed by atoms with Crippen molar-refractivity contribution in [2.24, 2.45) is 0 Å². The lowest BCUT2D eigenvalue weighted by Crippen LogP contribution is -2.42. The second-order valence-electron chi connectivity index (χ2n) is 10.2. The number of nitrogens with one attached hydrogen (secondary N) is 1. The summed E-state index contributed by atoms with van der Waals surface area (Å²) in [4.78, 5) is 19.2. The standard InChI is InChI=1S/C28H34F6N4OS/c29-27(30,31)21-4-8-24(9-5-21)37-16-2-15-36(19-20-37)14-1-3-26(39)38-17-12-23(13-18-38)35-22-6-10-25(11-7-22)40-28(32,33)34/h4-11,23,35H,1-3,12-20H2. The van der Waals surface area contributed by atoms with E-state index in [1.165, 1.54) is 24.3 Å². The molecule has 220 valence electrons. The molecule has 0 spiro atoms. The fraction of sp³-hybridized carbons (Fsp3) is 0.536. The maximum atomic E-state index is 12.8. The molecule has 4 rings (SSSR count). The summed E-state index contributed by atoms with van der Waals surface area (Å²) in [6.45, 7) is 5.27. The SMILES string of the molecule is O=C(CCCN1CCCN(c2ccc(C(F)(F)F)cc2)CC1)N1CCC(Nc2ccc(SC(F)(F)F)cc2)CC1. The van der Waals surface area contributed by atoms with Crippen molar-refractivity contribution in [3.63, 3.8) is 0 Å². The van der Waals surface area contributed by atoms with Gasteiger partial charge in [0.2, 0.25) is 5.91 Å². The van der Waals surface area contributed by atoms with Crippen LogP contribution in [0.3, 0.4) is 0 Å². The highest BCUT2D eigenvalue weighted by atomic mass is 32.2. The number of piperidine rings is 1. The van der Waals surface area contributed by atoms with E-state index in [2.05, 4.69) is 15.1 Å². The van der Waals surface area contributed by atoms with Crippen LogP contribution in [-0.2, 0) is 11.0 Å². The number of carbonyl (C=O) groups is 1. The van der Waals surface area contributed by atoms with Crippen molar-refractivity contribution in [3.05, 3.63) is 54.1 Å². The Morgan fingerprint density at radius 3 is 2.15 bits per heavy atom. The van der Waals surface area contributed by atoms with E-state index < -0.39 is 17.2 Å². The monoisotopic (exact) mass is 588 g/mol. The Morgan fingerprint density at radius 2 is 1.52 bits per heavy atom. The van der Waals surface area contributed by atoms with Gasteiger partial charge in [0.1, 0.15) is 0 Å². The van der Waals surface area contributed by atoms with Gasteiger partial charge in [-0.3, -0.25) is 4.79 Å². The third-order valence-electron chi connectivity index (χ3n) is 7.32. The number of benzene rings is 2. The first-order valence-electron chi connectivity index (χ1n) is 13.5. The van der Waals surface area contributed by atoms with Gasteiger partial charge in [-0.2, -0.15) is 26.3 Å². The van der Waals surface area contributed by atoms with Crippen molar-refractivity contribution in [2.75, 3.05) is 56.0 Å². The number of thioether (sulfide) groups is 1. The van der Waals surface area contributed by atoms with Crippen LogP contribution >= 0.6 is 11.8 Å². The van der Waals surface area contributed by atoms with E-state index in [0.29, 0.717) is 19.5 Å². The van der Waals surface area contributed by atoms with Crippen molar-refractivity contribution in [3.8, 4) is 0 Å². The summed E-state index contributed by atoms with van der Waals surface area (Å²) < 4.78 is 76.0. The zero-order chi connectivity index (χ0) is 28.8. The summed E-state index contributed by atoms with van der Waals surface area (Å²) in [7, 11) is 0. The van der Waals surface area contributed by atoms with Crippen LogP contribution in [0.25, 0.3) is 0 Å². The molecule has 2 aromatic carbocycles. The first-order valence-corrected chi connectivity index (χ1v) is 14.3. The number of rotatable bonds is 8. The van der Waals surface area contributed by atoms with E-state index in [1.54, 1.807) is 12.1 Å². The summed E-state index contributed by atoms with van der Waals surface area (Å²) in [6, 6.07) is 11.7. The first kappa shape index (κ1) is 30.4. The van der Waals surface area contributed by atoms with Gasteiger partial charge in [-0.1, -0.05) is 0 Å². The molecule has 0 saturated carbocycles. The molecular weight excluding hydrogens is 554 g/mol. The van der Waals surface area contributed by atoms with Gasteiger partial charge in [-0.25, -0.2) is 0 Å². The van der Waals surface area contributed by atoms with Crippen LogP contribution in [0, 0.1) is 0 Å². The Hall–Kier alpha value is -2.60. The molecule has 0 atom stereocenters. The average molecular weight is 589 g/mol. The van der Waals surface area contributed by atoms with Gasteiger partial charge in [0.05, 0.1) is 5.56 Å². The quantitative estimate of drug-likeness (QED) is 0.274. The largest absolute Gasteiger partial charge is 0.446 e. The van der Waals surface area contributed by atoms with Crippen molar-refractivity contribution in [2.45, 2.75) is 54.7 Å². The minimum atomic E-state index is -4.34. The van der Waals surface area contributed by atoms with Crippen LogP contribution < -0.4 is 10.2 Å². The Balaban J connectivity index is 1.13. The smallest absolute Gasteiger partial charge is 0.382 e. The molecule has 0 bridgehead atoms. The van der Waals surface area contributed by atoms with E-state index in [1.807, 2.05) is 4.90 Å². The number of anilines is 2. The lowest BCUT2D eigenvalue weighted by atomic mass is 10.0. The number of alkyl halides is 6. The second kappa shape index (κ2) is 13.4. The van der Waals surface area contributed by atoms with Crippen LogP contribution in [0.4, 0.5) is 37.7 Å². The van der Waals surface area contributed by atoms with Gasteiger partial charge in [-0.15, -0.1) is 0 Å². The lowest BCUT2D eigenvalue weighted by molar-refractivity contribution is -0.137. The Kier molecular flexibility index (Phi) is 10.2. The number of halogens is 6. The molecule has 0 unspecified atom stereocenters. The van der Waals surface area contributed by atoms with Gasteiger partial charge >= 0.3 is 11.7 Å². The Morgan fingerprint density at radius 1 is 0.850 bits per heavy atom. The van der Waals surface area contributed by atoms with Gasteiger partial charge in [0.15, 0.2) is 0 Å². The molecule has 2 aliphatic rings. The molecular formula is C28H34F6N4OS. The van der Waals surface area contributed by atoms with Crippen molar-refractivity contribution >= 4 is 29.0 Å². The molecule has 0 aromatic heterocycles. The number of carbonyl (C=O) groups excluding carboxylic acids is 1. The summed E-state index contributed by atoms with van der Waals surface area (Å²) in [5.74, 6) is 0.133. The van der Waals surface area contributed by atoms with Crippen molar-refractivity contribution < 1.29 is 31.1 Å². The molecule has 2 aromatic rings. The summed E-state index contributed by atoms with van der Waals surface area (Å²) in [5, 5.41) is 3.36. The molecule has 12 heteroatoms. The maximum Gasteiger partial charge on any atom is 0.446 e. The molecule has 1 N–H and O–H groups in total. The highest BCUT2D eigenvalue weighted by Gasteiger charge is 2.31. The van der Waals surface area contributed by atoms with Gasteiger partial charge in [0, 0.05) is 61.5 Å². The minimum absolute atomic E-state index is 0.133. The number of likely N-dealkylation sites (tertiary alicyclic amines) is 1. The average Bonchev–Trinajstić information content (AvgIpc) is 3.15. The van der Waals surface area contributed by atoms with Crippen LogP contribution in [0.15, 0.2) is 53.4 Å². The normalized spacial score (nSPS) is 18.1. The predicted molar refractivity (Wildman–Crippen MR) is 146 cm³/mol. The number of hydrogen-bond acceptors (Lipinski definition) is 5. The highest BCUT2D eigenvalue weighted by Crippen LogP contribution is 2.37. The minimum Gasteiger partial charge on any atom is -0.382 e. The van der Waals surface area contributed by atoms with Gasteiger partial charge < -0.3 is 20.0 Å². The topological polar surface area (TPSA) is 38.8 Å². The van der Waals surface area contributed by atoms with Crippen LogP contribution in [0.5, 0.6) is 0 Å². The van der Waals surface area contributed by atoms with Crippen LogP contribution in [0.1, 0.15) is 37.7 Å².